The minimum atomic E-state index is -0.215. The molecule has 0 saturated carbocycles. The zero-order valence-corrected chi connectivity index (χ0v) is 10.2. The Morgan fingerprint density at radius 2 is 2.24 bits per heavy atom. The highest BCUT2D eigenvalue weighted by Crippen LogP contribution is 2.24. The number of thioether (sulfide) groups is 1. The van der Waals surface area contributed by atoms with Crippen LogP contribution in [0.25, 0.3) is 0 Å². The molecule has 6 heteroatoms. The van der Waals surface area contributed by atoms with Gasteiger partial charge in [0.05, 0.1) is 17.9 Å². The van der Waals surface area contributed by atoms with Crippen LogP contribution in [0.15, 0.2) is 35.4 Å². The number of rotatable bonds is 4. The summed E-state index contributed by atoms with van der Waals surface area (Å²) in [5.41, 5.74) is 6.84. The molecule has 1 atom stereocenters. The largest absolute Gasteiger partial charge is 0.322 e. The highest BCUT2D eigenvalue weighted by molar-refractivity contribution is 7.99. The maximum Gasteiger partial charge on any atom is 0.136 e. The van der Waals surface area contributed by atoms with Gasteiger partial charge in [0.2, 0.25) is 0 Å². The van der Waals surface area contributed by atoms with E-state index >= 15 is 0 Å². The zero-order valence-electron chi connectivity index (χ0n) is 9.38. The number of halogens is 1. The fourth-order valence-corrected chi connectivity index (χ4v) is 2.37. The molecule has 4 nitrogen and oxygen atoms in total. The number of hydrogen-bond donors (Lipinski definition) is 1. The van der Waals surface area contributed by atoms with E-state index in [1.165, 1.54) is 17.8 Å². The fourth-order valence-electron chi connectivity index (χ4n) is 1.46. The van der Waals surface area contributed by atoms with Crippen molar-refractivity contribution in [2.24, 2.45) is 12.8 Å². The van der Waals surface area contributed by atoms with Crippen LogP contribution in [0.1, 0.15) is 11.7 Å². The lowest BCUT2D eigenvalue weighted by Crippen LogP contribution is -2.16. The first kappa shape index (κ1) is 12.1. The molecule has 1 aromatic carbocycles. The van der Waals surface area contributed by atoms with Crippen molar-refractivity contribution < 1.29 is 4.39 Å². The average Bonchev–Trinajstić information content (AvgIpc) is 2.74. The Morgan fingerprint density at radius 1 is 1.47 bits per heavy atom. The molecule has 17 heavy (non-hydrogen) atoms. The van der Waals surface area contributed by atoms with E-state index in [1.807, 2.05) is 6.07 Å². The quantitative estimate of drug-likeness (QED) is 0.842. The molecule has 0 radical (unpaired) electrons. The summed E-state index contributed by atoms with van der Waals surface area (Å²) in [6.07, 6.45) is 1.63. The van der Waals surface area contributed by atoms with E-state index < -0.39 is 0 Å². The van der Waals surface area contributed by atoms with Gasteiger partial charge < -0.3 is 5.73 Å². The van der Waals surface area contributed by atoms with Gasteiger partial charge in [-0.1, -0.05) is 17.3 Å². The Kier molecular flexibility index (Phi) is 3.75. The Hall–Kier alpha value is -1.40. The van der Waals surface area contributed by atoms with Crippen molar-refractivity contribution in [2.45, 2.75) is 10.9 Å². The Labute approximate surface area is 103 Å². The second-order valence-corrected chi connectivity index (χ2v) is 4.69. The molecular weight excluding hydrogens is 239 g/mol. The lowest BCUT2D eigenvalue weighted by molar-refractivity contribution is 0.601. The Balaban J connectivity index is 2.00. The third-order valence-electron chi connectivity index (χ3n) is 2.38. The Bertz CT molecular complexity index is 500. The standard InChI is InChI=1S/C11H13FN4S/c1-16-10(6-14-15-16)9(13)7-17-11-5-3-2-4-8(11)12/h2-6,9H,7,13H2,1H3. The first-order valence-corrected chi connectivity index (χ1v) is 6.14. The van der Waals surface area contributed by atoms with E-state index in [4.69, 9.17) is 5.73 Å². The molecule has 2 N–H and O–H groups in total. The van der Waals surface area contributed by atoms with E-state index in [2.05, 4.69) is 10.3 Å². The van der Waals surface area contributed by atoms with E-state index in [9.17, 15) is 4.39 Å². The highest BCUT2D eigenvalue weighted by Gasteiger charge is 2.12. The summed E-state index contributed by atoms with van der Waals surface area (Å²) in [5, 5.41) is 7.58. The molecule has 0 fully saturated rings. The lowest BCUT2D eigenvalue weighted by Gasteiger charge is -2.10. The minimum absolute atomic E-state index is 0.209. The van der Waals surface area contributed by atoms with Crippen LogP contribution in [0.2, 0.25) is 0 Å². The smallest absolute Gasteiger partial charge is 0.136 e. The summed E-state index contributed by atoms with van der Waals surface area (Å²) in [6.45, 7) is 0. The summed E-state index contributed by atoms with van der Waals surface area (Å²) >= 11 is 1.39. The van der Waals surface area contributed by atoms with Gasteiger partial charge in [0.25, 0.3) is 0 Å². The normalized spacial score (nSPS) is 12.6. The summed E-state index contributed by atoms with van der Waals surface area (Å²) in [7, 11) is 1.79. The van der Waals surface area contributed by atoms with Crippen molar-refractivity contribution >= 4 is 11.8 Å². The van der Waals surface area contributed by atoms with Gasteiger partial charge in [-0.2, -0.15) is 0 Å². The number of hydrogen-bond acceptors (Lipinski definition) is 4. The van der Waals surface area contributed by atoms with Crippen LogP contribution in [0.3, 0.4) is 0 Å². The van der Waals surface area contributed by atoms with Crippen LogP contribution < -0.4 is 5.73 Å². The molecule has 0 amide bonds. The number of aryl methyl sites for hydroxylation is 1. The number of benzene rings is 1. The molecule has 0 aliphatic carbocycles. The molecular formula is C11H13FN4S. The Morgan fingerprint density at radius 3 is 2.88 bits per heavy atom. The van der Waals surface area contributed by atoms with Crippen molar-refractivity contribution in [3.8, 4) is 0 Å². The van der Waals surface area contributed by atoms with Gasteiger partial charge in [-0.25, -0.2) is 4.39 Å². The van der Waals surface area contributed by atoms with Gasteiger partial charge in [-0.05, 0) is 12.1 Å². The van der Waals surface area contributed by atoms with Gasteiger partial charge in [-0.3, -0.25) is 4.68 Å². The second kappa shape index (κ2) is 5.29. The molecule has 0 bridgehead atoms. The highest BCUT2D eigenvalue weighted by atomic mass is 32.2. The van der Waals surface area contributed by atoms with E-state index in [1.54, 1.807) is 30.1 Å². The molecule has 1 unspecified atom stereocenters. The molecule has 2 aromatic rings. The molecule has 0 aliphatic rings. The SMILES string of the molecule is Cn1nncc1C(N)CSc1ccccc1F. The van der Waals surface area contributed by atoms with Gasteiger partial charge in [0.15, 0.2) is 0 Å². The van der Waals surface area contributed by atoms with Crippen LogP contribution >= 0.6 is 11.8 Å². The van der Waals surface area contributed by atoms with Crippen molar-refractivity contribution in [2.75, 3.05) is 5.75 Å². The maximum atomic E-state index is 13.4. The summed E-state index contributed by atoms with van der Waals surface area (Å²) in [4.78, 5) is 0.609. The first-order valence-electron chi connectivity index (χ1n) is 5.16. The van der Waals surface area contributed by atoms with Crippen molar-refractivity contribution in [1.82, 2.24) is 15.0 Å². The topological polar surface area (TPSA) is 56.7 Å². The molecule has 1 aromatic heterocycles. The maximum absolute atomic E-state index is 13.4. The predicted molar refractivity (Wildman–Crippen MR) is 65.1 cm³/mol. The molecule has 90 valence electrons. The lowest BCUT2D eigenvalue weighted by atomic mass is 10.3. The van der Waals surface area contributed by atoms with Gasteiger partial charge in [0.1, 0.15) is 5.82 Å². The summed E-state index contributed by atoms with van der Waals surface area (Å²) in [6, 6.07) is 6.46. The third kappa shape index (κ3) is 2.83. The minimum Gasteiger partial charge on any atom is -0.322 e. The first-order chi connectivity index (χ1) is 8.18. The van der Waals surface area contributed by atoms with Gasteiger partial charge in [-0.15, -0.1) is 16.9 Å². The molecule has 2 rings (SSSR count). The second-order valence-electron chi connectivity index (χ2n) is 3.63. The molecule has 0 saturated heterocycles. The van der Waals surface area contributed by atoms with Crippen LogP contribution in [0.5, 0.6) is 0 Å². The predicted octanol–water partition coefficient (Wildman–Crippen LogP) is 1.75. The molecule has 1 heterocycles. The summed E-state index contributed by atoms with van der Waals surface area (Å²) in [5.74, 6) is 0.370. The van der Waals surface area contributed by atoms with Crippen LogP contribution in [0.4, 0.5) is 4.39 Å². The summed E-state index contributed by atoms with van der Waals surface area (Å²) < 4.78 is 15.0. The van der Waals surface area contributed by atoms with Crippen LogP contribution in [0, 0.1) is 5.82 Å². The van der Waals surface area contributed by atoms with Crippen molar-refractivity contribution in [3.63, 3.8) is 0 Å². The third-order valence-corrected chi connectivity index (χ3v) is 3.55. The van der Waals surface area contributed by atoms with E-state index in [0.717, 1.165) is 5.69 Å². The zero-order chi connectivity index (χ0) is 12.3. The fraction of sp³-hybridized carbons (Fsp3) is 0.273. The van der Waals surface area contributed by atoms with Crippen LogP contribution in [-0.2, 0) is 7.05 Å². The van der Waals surface area contributed by atoms with Gasteiger partial charge in [0, 0.05) is 17.7 Å². The number of aromatic nitrogens is 3. The monoisotopic (exact) mass is 252 g/mol. The average molecular weight is 252 g/mol. The molecule has 0 aliphatic heterocycles. The number of nitrogens with zero attached hydrogens (tertiary/aromatic N) is 3. The van der Waals surface area contributed by atoms with Crippen molar-refractivity contribution in [3.05, 3.63) is 42.0 Å². The van der Waals surface area contributed by atoms with E-state index in [0.29, 0.717) is 10.6 Å². The number of nitrogens with two attached hydrogens (primary N) is 1. The van der Waals surface area contributed by atoms with Gasteiger partial charge >= 0.3 is 0 Å². The van der Waals surface area contributed by atoms with E-state index in [-0.39, 0.29) is 11.9 Å². The van der Waals surface area contributed by atoms with Crippen LogP contribution in [-0.4, -0.2) is 20.7 Å². The molecule has 0 spiro atoms. The van der Waals surface area contributed by atoms with Crippen molar-refractivity contribution in [1.29, 1.82) is 0 Å².